The number of piperidine rings is 1. The quantitative estimate of drug-likeness (QED) is 0.907. The number of aliphatic hydroxyl groups excluding tert-OH is 1. The molecule has 0 spiro atoms. The van der Waals surface area contributed by atoms with Gasteiger partial charge in [-0.2, -0.15) is 5.26 Å². The van der Waals surface area contributed by atoms with E-state index in [1.165, 1.54) is 11.3 Å². The average Bonchev–Trinajstić information content (AvgIpc) is 2.99. The molecule has 1 aromatic heterocycles. The van der Waals surface area contributed by atoms with Crippen molar-refractivity contribution in [3.63, 3.8) is 0 Å². The average molecular weight is 287 g/mol. The molecule has 1 fully saturated rings. The van der Waals surface area contributed by atoms with Crippen molar-refractivity contribution in [1.82, 2.24) is 4.98 Å². The molecule has 1 saturated heterocycles. The van der Waals surface area contributed by atoms with Crippen LogP contribution in [0.5, 0.6) is 0 Å². The summed E-state index contributed by atoms with van der Waals surface area (Å²) in [4.78, 5) is 6.96. The lowest BCUT2D eigenvalue weighted by Crippen LogP contribution is -2.38. The molecule has 0 saturated carbocycles. The molecule has 0 aromatic carbocycles. The van der Waals surface area contributed by atoms with Gasteiger partial charge < -0.3 is 14.7 Å². The Morgan fingerprint density at radius 1 is 1.38 bits per heavy atom. The number of pyridine rings is 1. The monoisotopic (exact) mass is 287 g/mol. The zero-order chi connectivity index (χ0) is 14.7. The Morgan fingerprint density at radius 3 is 2.90 bits per heavy atom. The zero-order valence-electron chi connectivity index (χ0n) is 12.2. The molecule has 112 valence electrons. The third-order valence-electron chi connectivity index (χ3n) is 4.34. The SMILES string of the molecule is N#Cc1cc2c(nc1N1CCC(OCCO)CC1)CCC2. The minimum absolute atomic E-state index is 0.0746. The van der Waals surface area contributed by atoms with E-state index in [1.54, 1.807) is 0 Å². The van der Waals surface area contributed by atoms with Gasteiger partial charge >= 0.3 is 0 Å². The molecule has 0 unspecified atom stereocenters. The first-order valence-corrected chi connectivity index (χ1v) is 7.72. The van der Waals surface area contributed by atoms with Crippen molar-refractivity contribution in [3.8, 4) is 6.07 Å². The van der Waals surface area contributed by atoms with Gasteiger partial charge in [-0.3, -0.25) is 0 Å². The maximum absolute atomic E-state index is 9.38. The Hall–Kier alpha value is -1.64. The molecule has 0 amide bonds. The predicted molar refractivity (Wildman–Crippen MR) is 79.2 cm³/mol. The van der Waals surface area contributed by atoms with E-state index >= 15 is 0 Å². The standard InChI is InChI=1S/C16H21N3O2/c17-11-13-10-12-2-1-3-15(12)18-16(13)19-6-4-14(5-7-19)21-9-8-20/h10,14,20H,1-9H2. The molecular weight excluding hydrogens is 266 g/mol. The molecule has 1 aliphatic carbocycles. The van der Waals surface area contributed by atoms with Crippen molar-refractivity contribution in [3.05, 3.63) is 22.9 Å². The van der Waals surface area contributed by atoms with E-state index in [4.69, 9.17) is 14.8 Å². The number of rotatable bonds is 4. The number of hydrogen-bond donors (Lipinski definition) is 1. The molecule has 2 heterocycles. The first kappa shape index (κ1) is 14.3. The molecule has 1 N–H and O–H groups in total. The van der Waals surface area contributed by atoms with Gasteiger partial charge in [-0.15, -0.1) is 0 Å². The molecule has 5 heteroatoms. The number of aryl methyl sites for hydroxylation is 2. The summed E-state index contributed by atoms with van der Waals surface area (Å²) in [6.45, 7) is 2.20. The van der Waals surface area contributed by atoms with Gasteiger partial charge in [0.15, 0.2) is 0 Å². The topological polar surface area (TPSA) is 69.4 Å². The van der Waals surface area contributed by atoms with E-state index in [0.29, 0.717) is 12.2 Å². The van der Waals surface area contributed by atoms with Crippen LogP contribution >= 0.6 is 0 Å². The fourth-order valence-corrected chi connectivity index (χ4v) is 3.24. The second-order valence-electron chi connectivity index (χ2n) is 5.71. The lowest BCUT2D eigenvalue weighted by atomic mass is 10.1. The van der Waals surface area contributed by atoms with Crippen LogP contribution in [-0.4, -0.2) is 42.5 Å². The van der Waals surface area contributed by atoms with Crippen LogP contribution in [0.3, 0.4) is 0 Å². The molecule has 1 aromatic rings. The number of nitrogens with zero attached hydrogens (tertiary/aromatic N) is 3. The lowest BCUT2D eigenvalue weighted by Gasteiger charge is -2.33. The Morgan fingerprint density at radius 2 is 2.19 bits per heavy atom. The highest BCUT2D eigenvalue weighted by atomic mass is 16.5. The molecule has 3 rings (SSSR count). The van der Waals surface area contributed by atoms with Crippen molar-refractivity contribution >= 4 is 5.82 Å². The smallest absolute Gasteiger partial charge is 0.146 e. The minimum Gasteiger partial charge on any atom is -0.394 e. The van der Waals surface area contributed by atoms with E-state index in [0.717, 1.165) is 51.0 Å². The van der Waals surface area contributed by atoms with Gasteiger partial charge in [-0.25, -0.2) is 4.98 Å². The molecule has 21 heavy (non-hydrogen) atoms. The van der Waals surface area contributed by atoms with Crippen molar-refractivity contribution in [2.75, 3.05) is 31.2 Å². The Kier molecular flexibility index (Phi) is 4.37. The second-order valence-corrected chi connectivity index (χ2v) is 5.71. The number of anilines is 1. The maximum Gasteiger partial charge on any atom is 0.146 e. The van der Waals surface area contributed by atoms with E-state index in [-0.39, 0.29) is 12.7 Å². The van der Waals surface area contributed by atoms with Gasteiger partial charge in [0.25, 0.3) is 0 Å². The summed E-state index contributed by atoms with van der Waals surface area (Å²) < 4.78 is 5.58. The summed E-state index contributed by atoms with van der Waals surface area (Å²) >= 11 is 0. The number of hydrogen-bond acceptors (Lipinski definition) is 5. The third kappa shape index (κ3) is 3.02. The highest BCUT2D eigenvalue weighted by molar-refractivity contribution is 5.57. The fraction of sp³-hybridized carbons (Fsp3) is 0.625. The predicted octanol–water partition coefficient (Wildman–Crippen LogP) is 1.42. The van der Waals surface area contributed by atoms with Gasteiger partial charge in [-0.05, 0) is 43.7 Å². The van der Waals surface area contributed by atoms with Gasteiger partial charge in [0.2, 0.25) is 0 Å². The van der Waals surface area contributed by atoms with Crippen LogP contribution in [0.25, 0.3) is 0 Å². The minimum atomic E-state index is 0.0746. The largest absolute Gasteiger partial charge is 0.394 e. The van der Waals surface area contributed by atoms with Gasteiger partial charge in [0.1, 0.15) is 11.9 Å². The first-order chi connectivity index (χ1) is 10.3. The second kappa shape index (κ2) is 6.42. The van der Waals surface area contributed by atoms with Crippen LogP contribution in [-0.2, 0) is 17.6 Å². The third-order valence-corrected chi connectivity index (χ3v) is 4.34. The molecule has 0 bridgehead atoms. The molecule has 0 radical (unpaired) electrons. The Labute approximate surface area is 125 Å². The van der Waals surface area contributed by atoms with Crippen LogP contribution < -0.4 is 4.90 Å². The normalized spacial score (nSPS) is 18.6. The number of fused-ring (bicyclic) bond motifs is 1. The summed E-state index contributed by atoms with van der Waals surface area (Å²) in [5, 5.41) is 18.2. The van der Waals surface area contributed by atoms with Crippen LogP contribution in [0, 0.1) is 11.3 Å². The molecule has 5 nitrogen and oxygen atoms in total. The number of aromatic nitrogens is 1. The highest BCUT2D eigenvalue weighted by Gasteiger charge is 2.24. The van der Waals surface area contributed by atoms with Gasteiger partial charge in [-0.1, -0.05) is 0 Å². The van der Waals surface area contributed by atoms with Crippen molar-refractivity contribution in [2.24, 2.45) is 0 Å². The van der Waals surface area contributed by atoms with Gasteiger partial charge in [0, 0.05) is 18.8 Å². The summed E-state index contributed by atoms with van der Waals surface area (Å²) in [5.74, 6) is 0.846. The number of nitriles is 1. The summed E-state index contributed by atoms with van der Waals surface area (Å²) in [6, 6.07) is 4.33. The van der Waals surface area contributed by atoms with Crippen LogP contribution in [0.2, 0.25) is 0 Å². The summed E-state index contributed by atoms with van der Waals surface area (Å²) in [7, 11) is 0. The van der Waals surface area contributed by atoms with E-state index in [2.05, 4.69) is 11.0 Å². The zero-order valence-corrected chi connectivity index (χ0v) is 12.2. The van der Waals surface area contributed by atoms with Crippen LogP contribution in [0.1, 0.15) is 36.1 Å². The van der Waals surface area contributed by atoms with Crippen LogP contribution in [0.4, 0.5) is 5.82 Å². The lowest BCUT2D eigenvalue weighted by molar-refractivity contribution is 0.0158. The fourth-order valence-electron chi connectivity index (χ4n) is 3.24. The van der Waals surface area contributed by atoms with Crippen molar-refractivity contribution < 1.29 is 9.84 Å². The number of aliphatic hydroxyl groups is 1. The first-order valence-electron chi connectivity index (χ1n) is 7.72. The van der Waals surface area contributed by atoms with E-state index < -0.39 is 0 Å². The summed E-state index contributed by atoms with van der Waals surface area (Å²) in [5.41, 5.74) is 3.12. The Bertz CT molecular complexity index is 545. The molecular formula is C16H21N3O2. The van der Waals surface area contributed by atoms with Crippen molar-refractivity contribution in [2.45, 2.75) is 38.2 Å². The molecule has 0 atom stereocenters. The molecule has 2 aliphatic rings. The Balaban J connectivity index is 1.72. The maximum atomic E-state index is 9.38. The highest BCUT2D eigenvalue weighted by Crippen LogP contribution is 2.29. The van der Waals surface area contributed by atoms with Crippen LogP contribution in [0.15, 0.2) is 6.07 Å². The van der Waals surface area contributed by atoms with Crippen molar-refractivity contribution in [1.29, 1.82) is 5.26 Å². The molecule has 1 aliphatic heterocycles. The van der Waals surface area contributed by atoms with Gasteiger partial charge in [0.05, 0.1) is 24.9 Å². The number of ether oxygens (including phenoxy) is 1. The van der Waals surface area contributed by atoms with E-state index in [1.807, 2.05) is 6.07 Å². The summed E-state index contributed by atoms with van der Waals surface area (Å²) in [6.07, 6.45) is 5.29. The van der Waals surface area contributed by atoms with E-state index in [9.17, 15) is 5.26 Å².